The summed E-state index contributed by atoms with van der Waals surface area (Å²) < 4.78 is 6.90. The van der Waals surface area contributed by atoms with Crippen molar-refractivity contribution in [3.05, 3.63) is 70.1 Å². The van der Waals surface area contributed by atoms with Gasteiger partial charge in [-0.3, -0.25) is 9.89 Å². The van der Waals surface area contributed by atoms with Crippen LogP contribution in [0.4, 0.5) is 16.4 Å². The van der Waals surface area contributed by atoms with Crippen LogP contribution in [0.25, 0.3) is 0 Å². The number of benzene rings is 1. The molecule has 162 valence electrons. The first-order valence-corrected chi connectivity index (χ1v) is 10.4. The number of carbonyl (C=O) groups excluding carboxylic acids is 1. The Morgan fingerprint density at radius 2 is 2.00 bits per heavy atom. The maximum Gasteiger partial charge on any atom is 0.407 e. The third-order valence-electron chi connectivity index (χ3n) is 5.55. The molecule has 4 rings (SSSR count). The summed E-state index contributed by atoms with van der Waals surface area (Å²) in [6.07, 6.45) is 1.94. The summed E-state index contributed by atoms with van der Waals surface area (Å²) in [4.78, 5) is 23.7. The van der Waals surface area contributed by atoms with E-state index < -0.39 is 6.09 Å². The number of nitrogens with one attached hydrogen (secondary N) is 3. The number of anilines is 2. The van der Waals surface area contributed by atoms with Crippen molar-refractivity contribution in [3.63, 3.8) is 0 Å². The minimum atomic E-state index is -0.394. The summed E-state index contributed by atoms with van der Waals surface area (Å²) in [5.41, 5.74) is 1.85. The summed E-state index contributed by atoms with van der Waals surface area (Å²) in [7, 11) is 1.60. The maximum atomic E-state index is 12.3. The zero-order valence-corrected chi connectivity index (χ0v) is 17.5. The van der Waals surface area contributed by atoms with Crippen LogP contribution in [0, 0.1) is 0 Å². The molecular weight excluding hydrogens is 396 g/mol. The van der Waals surface area contributed by atoms with E-state index in [9.17, 15) is 9.59 Å². The van der Waals surface area contributed by atoms with Crippen molar-refractivity contribution in [2.24, 2.45) is 7.05 Å². The molecule has 0 unspecified atom stereocenters. The molecule has 2 aromatic heterocycles. The van der Waals surface area contributed by atoms with Crippen LogP contribution < -0.4 is 16.2 Å². The quantitative estimate of drug-likeness (QED) is 0.561. The molecule has 3 atom stereocenters. The highest BCUT2D eigenvalue weighted by atomic mass is 16.6. The molecule has 0 aliphatic heterocycles. The number of nitrogens with zero attached hydrogens (tertiary/aromatic N) is 3. The Bertz CT molecular complexity index is 1090. The van der Waals surface area contributed by atoms with Crippen LogP contribution in [0.2, 0.25) is 0 Å². The molecule has 0 saturated heterocycles. The minimum absolute atomic E-state index is 0.113. The van der Waals surface area contributed by atoms with Gasteiger partial charge in [0.15, 0.2) is 11.6 Å². The molecular formula is C22H26N6O3. The SMILES string of the molecule is C[C@H](NC(=O)O[C@@H]1CC[C@H](c2cc(Nc3ccc(=O)n(C)n3)n[nH]2)C1)c1ccccc1. The molecule has 3 N–H and O–H groups in total. The van der Waals surface area contributed by atoms with E-state index in [0.717, 1.165) is 30.5 Å². The second-order valence-electron chi connectivity index (χ2n) is 7.83. The first-order valence-electron chi connectivity index (χ1n) is 10.4. The fourth-order valence-electron chi connectivity index (χ4n) is 3.83. The van der Waals surface area contributed by atoms with Gasteiger partial charge in [-0.05, 0) is 37.8 Å². The number of hydrogen-bond donors (Lipinski definition) is 3. The van der Waals surface area contributed by atoms with Gasteiger partial charge in [-0.25, -0.2) is 9.48 Å². The number of rotatable bonds is 6. The van der Waals surface area contributed by atoms with Crippen molar-refractivity contribution in [2.45, 2.75) is 44.2 Å². The van der Waals surface area contributed by atoms with Crippen LogP contribution in [0.3, 0.4) is 0 Å². The van der Waals surface area contributed by atoms with Crippen LogP contribution in [-0.2, 0) is 11.8 Å². The van der Waals surface area contributed by atoms with Crippen LogP contribution in [0.15, 0.2) is 53.3 Å². The number of aromatic amines is 1. The molecule has 0 radical (unpaired) electrons. The van der Waals surface area contributed by atoms with E-state index in [4.69, 9.17) is 4.74 Å². The summed E-state index contributed by atoms with van der Waals surface area (Å²) in [5, 5.41) is 17.5. The maximum absolute atomic E-state index is 12.3. The lowest BCUT2D eigenvalue weighted by Gasteiger charge is -2.17. The van der Waals surface area contributed by atoms with Gasteiger partial charge in [0.05, 0.1) is 6.04 Å². The minimum Gasteiger partial charge on any atom is -0.446 e. The molecule has 1 aliphatic carbocycles. The monoisotopic (exact) mass is 422 g/mol. The van der Waals surface area contributed by atoms with E-state index in [2.05, 4.69) is 25.9 Å². The normalized spacial score (nSPS) is 19.0. The van der Waals surface area contributed by atoms with Crippen LogP contribution in [-0.4, -0.2) is 32.2 Å². The van der Waals surface area contributed by atoms with Crippen molar-refractivity contribution in [3.8, 4) is 0 Å². The van der Waals surface area contributed by atoms with Gasteiger partial charge in [-0.1, -0.05) is 30.3 Å². The van der Waals surface area contributed by atoms with E-state index in [1.165, 1.54) is 10.7 Å². The van der Waals surface area contributed by atoms with Crippen LogP contribution in [0.1, 0.15) is 49.4 Å². The molecule has 1 fully saturated rings. The van der Waals surface area contributed by atoms with Gasteiger partial charge < -0.3 is 15.4 Å². The molecule has 3 aromatic rings. The van der Waals surface area contributed by atoms with Crippen LogP contribution >= 0.6 is 0 Å². The van der Waals surface area contributed by atoms with Crippen LogP contribution in [0.5, 0.6) is 0 Å². The lowest BCUT2D eigenvalue weighted by atomic mass is 10.0. The number of aryl methyl sites for hydroxylation is 1. The number of hydrogen-bond acceptors (Lipinski definition) is 6. The zero-order chi connectivity index (χ0) is 21.8. The summed E-state index contributed by atoms with van der Waals surface area (Å²) in [5.74, 6) is 1.40. The highest BCUT2D eigenvalue weighted by molar-refractivity contribution is 5.68. The second kappa shape index (κ2) is 9.03. The lowest BCUT2D eigenvalue weighted by molar-refractivity contribution is 0.0975. The number of aromatic nitrogens is 4. The first-order chi connectivity index (χ1) is 15.0. The number of amides is 1. The molecule has 0 spiro atoms. The Labute approximate surface area is 179 Å². The zero-order valence-electron chi connectivity index (χ0n) is 17.5. The summed E-state index contributed by atoms with van der Waals surface area (Å²) in [6.45, 7) is 1.94. The van der Waals surface area contributed by atoms with Gasteiger partial charge in [0.1, 0.15) is 6.10 Å². The van der Waals surface area contributed by atoms with Crippen molar-refractivity contribution < 1.29 is 9.53 Å². The largest absolute Gasteiger partial charge is 0.446 e. The third-order valence-corrected chi connectivity index (χ3v) is 5.55. The molecule has 0 bridgehead atoms. The van der Waals surface area contributed by atoms with Gasteiger partial charge in [0, 0.05) is 30.8 Å². The van der Waals surface area contributed by atoms with Gasteiger partial charge in [0.25, 0.3) is 5.56 Å². The standard InChI is InChI=1S/C22H26N6O3/c1-14(15-6-4-3-5-7-15)23-22(30)31-17-9-8-16(12-17)18-13-20(26-25-18)24-19-10-11-21(29)28(2)27-19/h3-7,10-11,13-14,16-17H,8-9,12H2,1-2H3,(H,23,30)(H2,24,25,26,27)/t14-,16-,17+/m0/s1. The Morgan fingerprint density at radius 1 is 1.19 bits per heavy atom. The van der Waals surface area contributed by atoms with E-state index in [-0.39, 0.29) is 23.6 Å². The van der Waals surface area contributed by atoms with Gasteiger partial charge >= 0.3 is 6.09 Å². The van der Waals surface area contributed by atoms with Gasteiger partial charge in [0.2, 0.25) is 0 Å². The lowest BCUT2D eigenvalue weighted by Crippen LogP contribution is -2.30. The summed E-state index contributed by atoms with van der Waals surface area (Å²) >= 11 is 0. The second-order valence-corrected chi connectivity index (χ2v) is 7.83. The van der Waals surface area contributed by atoms with E-state index >= 15 is 0 Å². The molecule has 1 amide bonds. The van der Waals surface area contributed by atoms with E-state index in [1.807, 2.05) is 43.3 Å². The van der Waals surface area contributed by atoms with E-state index in [0.29, 0.717) is 11.6 Å². The average Bonchev–Trinajstić information content (AvgIpc) is 3.41. The Morgan fingerprint density at radius 3 is 2.77 bits per heavy atom. The Kier molecular flexibility index (Phi) is 6.01. The predicted octanol–water partition coefficient (Wildman–Crippen LogP) is 3.37. The molecule has 31 heavy (non-hydrogen) atoms. The fourth-order valence-corrected chi connectivity index (χ4v) is 3.83. The third kappa shape index (κ3) is 5.11. The first kappa shape index (κ1) is 20.6. The van der Waals surface area contributed by atoms with Crippen molar-refractivity contribution >= 4 is 17.7 Å². The highest BCUT2D eigenvalue weighted by Crippen LogP contribution is 2.36. The van der Waals surface area contributed by atoms with E-state index in [1.54, 1.807) is 13.1 Å². The van der Waals surface area contributed by atoms with Gasteiger partial charge in [-0.2, -0.15) is 10.2 Å². The number of alkyl carbamates (subject to hydrolysis) is 1. The molecule has 2 heterocycles. The Balaban J connectivity index is 1.29. The summed E-state index contributed by atoms with van der Waals surface area (Å²) in [6, 6.07) is 14.7. The highest BCUT2D eigenvalue weighted by Gasteiger charge is 2.30. The number of carbonyl (C=O) groups is 1. The molecule has 9 heteroatoms. The van der Waals surface area contributed by atoms with Crippen molar-refractivity contribution in [1.29, 1.82) is 0 Å². The fraction of sp³-hybridized carbons (Fsp3) is 0.364. The Hall–Kier alpha value is -3.62. The predicted molar refractivity (Wildman–Crippen MR) is 116 cm³/mol. The molecule has 9 nitrogen and oxygen atoms in total. The van der Waals surface area contributed by atoms with Crippen molar-refractivity contribution in [1.82, 2.24) is 25.3 Å². The van der Waals surface area contributed by atoms with Gasteiger partial charge in [-0.15, -0.1) is 0 Å². The van der Waals surface area contributed by atoms with Crippen molar-refractivity contribution in [2.75, 3.05) is 5.32 Å². The smallest absolute Gasteiger partial charge is 0.407 e. The molecule has 1 aliphatic rings. The molecule has 1 aromatic carbocycles. The number of ether oxygens (including phenoxy) is 1. The number of H-pyrrole nitrogens is 1. The topological polar surface area (TPSA) is 114 Å². The molecule has 1 saturated carbocycles. The average molecular weight is 422 g/mol.